The Kier molecular flexibility index (Phi) is 5.19. The maximum absolute atomic E-state index is 12.9. The first-order chi connectivity index (χ1) is 11.6. The quantitative estimate of drug-likeness (QED) is 0.798. The molecular weight excluding hydrogens is 302 g/mol. The van der Waals surface area contributed by atoms with Crippen molar-refractivity contribution in [2.75, 3.05) is 27.2 Å². The molecule has 2 fully saturated rings. The van der Waals surface area contributed by atoms with Crippen molar-refractivity contribution in [3.05, 3.63) is 35.9 Å². The molecule has 130 valence electrons. The highest BCUT2D eigenvalue weighted by Gasteiger charge is 2.37. The second-order valence-electron chi connectivity index (χ2n) is 7.10. The molecule has 1 unspecified atom stereocenters. The number of carbonyl (C=O) groups is 2. The van der Waals surface area contributed by atoms with E-state index in [9.17, 15) is 9.59 Å². The van der Waals surface area contributed by atoms with Gasteiger partial charge in [-0.1, -0.05) is 30.3 Å². The molecule has 1 aliphatic carbocycles. The number of carbonyl (C=O) groups excluding carboxylic acids is 2. The largest absolute Gasteiger partial charge is 0.347 e. The van der Waals surface area contributed by atoms with Crippen LogP contribution in [-0.4, -0.2) is 65.8 Å². The van der Waals surface area contributed by atoms with Crippen molar-refractivity contribution in [3.63, 3.8) is 0 Å². The second-order valence-corrected chi connectivity index (χ2v) is 7.10. The average molecular weight is 329 g/mol. The number of hydrogen-bond acceptors (Lipinski definition) is 3. The predicted molar refractivity (Wildman–Crippen MR) is 93.3 cm³/mol. The Bertz CT molecular complexity index is 584. The summed E-state index contributed by atoms with van der Waals surface area (Å²) < 4.78 is 0. The third-order valence-electron chi connectivity index (χ3n) is 4.93. The Labute approximate surface area is 144 Å². The lowest BCUT2D eigenvalue weighted by Gasteiger charge is -2.29. The first-order valence-corrected chi connectivity index (χ1v) is 8.85. The lowest BCUT2D eigenvalue weighted by atomic mass is 10.2. The maximum Gasteiger partial charge on any atom is 0.239 e. The molecule has 2 aliphatic rings. The van der Waals surface area contributed by atoms with E-state index >= 15 is 0 Å². The van der Waals surface area contributed by atoms with Gasteiger partial charge < -0.3 is 9.80 Å². The Morgan fingerprint density at radius 3 is 2.46 bits per heavy atom. The minimum absolute atomic E-state index is 0.112. The van der Waals surface area contributed by atoms with Crippen molar-refractivity contribution in [1.29, 1.82) is 0 Å². The van der Waals surface area contributed by atoms with Crippen LogP contribution in [0.3, 0.4) is 0 Å². The first-order valence-electron chi connectivity index (χ1n) is 8.85. The average Bonchev–Trinajstić information content (AvgIpc) is 3.32. The van der Waals surface area contributed by atoms with Crippen LogP contribution >= 0.6 is 0 Å². The fourth-order valence-electron chi connectivity index (χ4n) is 3.44. The summed E-state index contributed by atoms with van der Waals surface area (Å²) in [5, 5.41) is 0. The van der Waals surface area contributed by atoms with Crippen molar-refractivity contribution in [1.82, 2.24) is 14.7 Å². The van der Waals surface area contributed by atoms with Crippen molar-refractivity contribution in [2.24, 2.45) is 0 Å². The third kappa shape index (κ3) is 3.96. The van der Waals surface area contributed by atoms with E-state index in [-0.39, 0.29) is 17.9 Å². The summed E-state index contributed by atoms with van der Waals surface area (Å²) in [4.78, 5) is 30.9. The SMILES string of the molecule is CN(C)C(=O)C1CCCN1CC(=O)N(Cc1ccccc1)C1CC1. The molecule has 1 atom stereocenters. The van der Waals surface area contributed by atoms with Crippen LogP contribution in [0.4, 0.5) is 0 Å². The molecule has 1 heterocycles. The zero-order chi connectivity index (χ0) is 17.1. The van der Waals surface area contributed by atoms with Gasteiger partial charge in [0.2, 0.25) is 11.8 Å². The smallest absolute Gasteiger partial charge is 0.239 e. The number of likely N-dealkylation sites (tertiary alicyclic amines) is 1. The number of amides is 2. The van der Waals surface area contributed by atoms with E-state index in [1.54, 1.807) is 19.0 Å². The summed E-state index contributed by atoms with van der Waals surface area (Å²) in [6.45, 7) is 1.86. The molecule has 3 rings (SSSR count). The fourth-order valence-corrected chi connectivity index (χ4v) is 3.44. The molecule has 1 aliphatic heterocycles. The van der Waals surface area contributed by atoms with Crippen LogP contribution in [0.5, 0.6) is 0 Å². The van der Waals surface area contributed by atoms with Gasteiger partial charge >= 0.3 is 0 Å². The standard InChI is InChI=1S/C19H27N3O2/c1-20(2)19(24)17-9-6-12-21(17)14-18(23)22(16-10-11-16)13-15-7-4-3-5-8-15/h3-5,7-8,16-17H,6,9-14H2,1-2H3. The third-order valence-corrected chi connectivity index (χ3v) is 4.93. The number of nitrogens with zero attached hydrogens (tertiary/aromatic N) is 3. The predicted octanol–water partition coefficient (Wildman–Crippen LogP) is 1.73. The number of likely N-dealkylation sites (N-methyl/N-ethyl adjacent to an activating group) is 1. The first kappa shape index (κ1) is 17.0. The molecular formula is C19H27N3O2. The molecule has 5 nitrogen and oxygen atoms in total. The topological polar surface area (TPSA) is 43.9 Å². The van der Waals surface area contributed by atoms with Gasteiger partial charge in [0.25, 0.3) is 0 Å². The Morgan fingerprint density at radius 1 is 1.12 bits per heavy atom. The van der Waals surface area contributed by atoms with Crippen LogP contribution in [0.15, 0.2) is 30.3 Å². The zero-order valence-corrected chi connectivity index (χ0v) is 14.6. The van der Waals surface area contributed by atoms with E-state index in [1.807, 2.05) is 23.1 Å². The van der Waals surface area contributed by atoms with E-state index < -0.39 is 0 Å². The van der Waals surface area contributed by atoms with Crippen LogP contribution in [-0.2, 0) is 16.1 Å². The van der Waals surface area contributed by atoms with E-state index in [2.05, 4.69) is 17.0 Å². The van der Waals surface area contributed by atoms with Gasteiger partial charge in [0, 0.05) is 26.7 Å². The minimum Gasteiger partial charge on any atom is -0.347 e. The Hall–Kier alpha value is -1.88. The molecule has 24 heavy (non-hydrogen) atoms. The number of hydrogen-bond donors (Lipinski definition) is 0. The molecule has 5 heteroatoms. The van der Waals surface area contributed by atoms with E-state index in [0.29, 0.717) is 19.1 Å². The molecule has 1 saturated heterocycles. The van der Waals surface area contributed by atoms with Gasteiger partial charge in [0.05, 0.1) is 12.6 Å². The Balaban J connectivity index is 1.64. The summed E-state index contributed by atoms with van der Waals surface area (Å²) in [5.41, 5.74) is 1.17. The van der Waals surface area contributed by atoms with Crippen LogP contribution in [0.2, 0.25) is 0 Å². The molecule has 2 amide bonds. The highest BCUT2D eigenvalue weighted by molar-refractivity contribution is 5.84. The van der Waals surface area contributed by atoms with Gasteiger partial charge in [-0.05, 0) is 37.8 Å². The molecule has 0 radical (unpaired) electrons. The lowest BCUT2D eigenvalue weighted by Crippen LogP contribution is -2.47. The lowest BCUT2D eigenvalue weighted by molar-refractivity contribution is -0.137. The molecule has 0 bridgehead atoms. The monoisotopic (exact) mass is 329 g/mol. The second kappa shape index (κ2) is 7.34. The van der Waals surface area contributed by atoms with Crippen LogP contribution in [0.1, 0.15) is 31.2 Å². The van der Waals surface area contributed by atoms with Crippen LogP contribution in [0, 0.1) is 0 Å². The van der Waals surface area contributed by atoms with E-state index in [0.717, 1.165) is 32.2 Å². The van der Waals surface area contributed by atoms with Gasteiger partial charge in [-0.15, -0.1) is 0 Å². The highest BCUT2D eigenvalue weighted by Crippen LogP contribution is 2.29. The summed E-state index contributed by atoms with van der Waals surface area (Å²) in [6, 6.07) is 10.4. The molecule has 0 aromatic heterocycles. The van der Waals surface area contributed by atoms with E-state index in [1.165, 1.54) is 5.56 Å². The molecule has 0 N–H and O–H groups in total. The summed E-state index contributed by atoms with van der Waals surface area (Å²) in [5.74, 6) is 0.265. The fraction of sp³-hybridized carbons (Fsp3) is 0.579. The number of benzene rings is 1. The van der Waals surface area contributed by atoms with Crippen molar-refractivity contribution in [2.45, 2.75) is 44.3 Å². The molecule has 0 spiro atoms. The van der Waals surface area contributed by atoms with Crippen molar-refractivity contribution in [3.8, 4) is 0 Å². The Morgan fingerprint density at radius 2 is 1.83 bits per heavy atom. The van der Waals surface area contributed by atoms with Gasteiger partial charge in [0.15, 0.2) is 0 Å². The summed E-state index contributed by atoms with van der Waals surface area (Å²) >= 11 is 0. The normalized spacial score (nSPS) is 20.8. The minimum atomic E-state index is -0.137. The van der Waals surface area contributed by atoms with Crippen LogP contribution < -0.4 is 0 Å². The molecule has 1 saturated carbocycles. The van der Waals surface area contributed by atoms with Crippen LogP contribution in [0.25, 0.3) is 0 Å². The highest BCUT2D eigenvalue weighted by atomic mass is 16.2. The molecule has 1 aromatic rings. The zero-order valence-electron chi connectivity index (χ0n) is 14.6. The van der Waals surface area contributed by atoms with Gasteiger partial charge in [-0.25, -0.2) is 0 Å². The van der Waals surface area contributed by atoms with Crippen molar-refractivity contribution >= 4 is 11.8 Å². The van der Waals surface area contributed by atoms with Gasteiger partial charge in [-0.3, -0.25) is 14.5 Å². The summed E-state index contributed by atoms with van der Waals surface area (Å²) in [7, 11) is 3.57. The van der Waals surface area contributed by atoms with Crippen molar-refractivity contribution < 1.29 is 9.59 Å². The maximum atomic E-state index is 12.9. The summed E-state index contributed by atoms with van der Waals surface area (Å²) in [6.07, 6.45) is 4.03. The van der Waals surface area contributed by atoms with E-state index in [4.69, 9.17) is 0 Å². The number of rotatable bonds is 6. The van der Waals surface area contributed by atoms with Gasteiger partial charge in [-0.2, -0.15) is 0 Å². The molecule has 1 aromatic carbocycles. The van der Waals surface area contributed by atoms with Gasteiger partial charge in [0.1, 0.15) is 0 Å².